The molecule has 0 aliphatic carbocycles. The normalized spacial score (nSPS) is 16.6. The van der Waals surface area contributed by atoms with Crippen LogP contribution in [-0.2, 0) is 4.79 Å². The third-order valence-corrected chi connectivity index (χ3v) is 4.40. The van der Waals surface area contributed by atoms with Gasteiger partial charge in [0.1, 0.15) is 11.5 Å². The maximum Gasteiger partial charge on any atom is 0.286 e. The molecule has 0 saturated heterocycles. The molecule has 0 fully saturated rings. The molecule has 1 aromatic carbocycles. The highest BCUT2D eigenvalue weighted by Crippen LogP contribution is 2.32. The quantitative estimate of drug-likeness (QED) is 0.821. The van der Waals surface area contributed by atoms with Crippen LogP contribution in [0.1, 0.15) is 11.3 Å². The van der Waals surface area contributed by atoms with Crippen molar-refractivity contribution in [1.82, 2.24) is 0 Å². The van der Waals surface area contributed by atoms with E-state index >= 15 is 0 Å². The maximum atomic E-state index is 11.6. The van der Waals surface area contributed by atoms with Gasteiger partial charge in [0.15, 0.2) is 5.17 Å². The molecule has 1 aliphatic heterocycles. The first-order chi connectivity index (χ1) is 10.0. The number of rotatable bonds is 2. The van der Waals surface area contributed by atoms with Crippen molar-refractivity contribution >= 4 is 44.8 Å². The number of thioether (sulfide) groups is 1. The molecule has 2 aromatic rings. The first-order valence-electron chi connectivity index (χ1n) is 6.17. The number of aliphatic imine (C=N–C) groups is 1. The zero-order valence-electron chi connectivity index (χ0n) is 11.1. The van der Waals surface area contributed by atoms with E-state index in [4.69, 9.17) is 10.2 Å². The molecule has 0 saturated carbocycles. The first-order valence-corrected chi connectivity index (χ1v) is 7.78. The topological polar surface area (TPSA) is 68.6 Å². The number of carbonyl (C=O) groups excluding carboxylic acids is 1. The van der Waals surface area contributed by atoms with Crippen LogP contribution in [0.2, 0.25) is 0 Å². The second-order valence-electron chi connectivity index (χ2n) is 4.55. The number of amides is 1. The Morgan fingerprint density at radius 1 is 1.33 bits per heavy atom. The van der Waals surface area contributed by atoms with Crippen LogP contribution in [-0.4, -0.2) is 11.1 Å². The molecule has 2 N–H and O–H groups in total. The lowest BCUT2D eigenvalue weighted by Crippen LogP contribution is -2.01. The molecular formula is C15H11BrN2O2S. The average Bonchev–Trinajstić information content (AvgIpc) is 2.97. The molecule has 0 bridgehead atoms. The molecule has 4 nitrogen and oxygen atoms in total. The van der Waals surface area contributed by atoms with E-state index in [1.165, 1.54) is 5.56 Å². The molecule has 3 rings (SSSR count). The van der Waals surface area contributed by atoms with Gasteiger partial charge in [-0.15, -0.1) is 0 Å². The van der Waals surface area contributed by atoms with E-state index < -0.39 is 0 Å². The van der Waals surface area contributed by atoms with Crippen molar-refractivity contribution < 1.29 is 9.21 Å². The standard InChI is InChI=1S/C15H11BrN2O2S/c1-8-2-4-10(11(16)6-8)12-5-3-9(20-12)7-13-14(19)18-15(17)21-13/h2-7H,1H3,(H2,17,18,19)/b13-7+. The van der Waals surface area contributed by atoms with Crippen molar-refractivity contribution in [2.24, 2.45) is 10.7 Å². The molecule has 0 unspecified atom stereocenters. The number of carbonyl (C=O) groups is 1. The van der Waals surface area contributed by atoms with Crippen molar-refractivity contribution in [3.63, 3.8) is 0 Å². The number of benzene rings is 1. The summed E-state index contributed by atoms with van der Waals surface area (Å²) in [6, 6.07) is 9.73. The van der Waals surface area contributed by atoms with Crippen LogP contribution in [0.15, 0.2) is 49.1 Å². The lowest BCUT2D eigenvalue weighted by atomic mass is 10.1. The van der Waals surface area contributed by atoms with Gasteiger partial charge in [-0.2, -0.15) is 4.99 Å². The fraction of sp³-hybridized carbons (Fsp3) is 0.0667. The Balaban J connectivity index is 1.91. The van der Waals surface area contributed by atoms with Gasteiger partial charge in [-0.1, -0.05) is 22.0 Å². The molecule has 1 aromatic heterocycles. The minimum Gasteiger partial charge on any atom is -0.457 e. The van der Waals surface area contributed by atoms with Gasteiger partial charge in [0, 0.05) is 16.1 Å². The first kappa shape index (κ1) is 14.2. The van der Waals surface area contributed by atoms with Crippen LogP contribution in [0.4, 0.5) is 0 Å². The van der Waals surface area contributed by atoms with Gasteiger partial charge in [0.2, 0.25) is 0 Å². The Bertz CT molecular complexity index is 793. The Hall–Kier alpha value is -1.79. The zero-order chi connectivity index (χ0) is 15.0. The Labute approximate surface area is 134 Å². The summed E-state index contributed by atoms with van der Waals surface area (Å²) < 4.78 is 6.74. The SMILES string of the molecule is Cc1ccc(-c2ccc(/C=C3/SC(N)=NC3=O)o2)c(Br)c1. The summed E-state index contributed by atoms with van der Waals surface area (Å²) in [5.41, 5.74) is 7.64. The summed E-state index contributed by atoms with van der Waals surface area (Å²) in [5, 5.41) is 0.263. The van der Waals surface area contributed by atoms with E-state index in [1.54, 1.807) is 6.08 Å². The zero-order valence-corrected chi connectivity index (χ0v) is 13.5. The van der Waals surface area contributed by atoms with Crippen LogP contribution in [0.3, 0.4) is 0 Å². The molecule has 0 spiro atoms. The van der Waals surface area contributed by atoms with Gasteiger partial charge in [-0.25, -0.2) is 0 Å². The van der Waals surface area contributed by atoms with Crippen LogP contribution in [0.25, 0.3) is 17.4 Å². The van der Waals surface area contributed by atoms with Crippen molar-refractivity contribution in [2.45, 2.75) is 6.92 Å². The van der Waals surface area contributed by atoms with E-state index in [2.05, 4.69) is 20.9 Å². The monoisotopic (exact) mass is 362 g/mol. The number of amidine groups is 1. The number of nitrogens with zero attached hydrogens (tertiary/aromatic N) is 1. The van der Waals surface area contributed by atoms with Crippen LogP contribution >= 0.6 is 27.7 Å². The molecule has 2 heterocycles. The molecule has 1 aliphatic rings. The second kappa shape index (κ2) is 5.54. The van der Waals surface area contributed by atoms with Crippen molar-refractivity contribution in [3.8, 4) is 11.3 Å². The lowest BCUT2D eigenvalue weighted by Gasteiger charge is -2.02. The highest BCUT2D eigenvalue weighted by atomic mass is 79.9. The summed E-state index contributed by atoms with van der Waals surface area (Å²) in [6.07, 6.45) is 1.65. The van der Waals surface area contributed by atoms with Crippen LogP contribution < -0.4 is 5.73 Å². The predicted octanol–water partition coefficient (Wildman–Crippen LogP) is 3.95. The third kappa shape index (κ3) is 2.96. The summed E-state index contributed by atoms with van der Waals surface area (Å²) in [6.45, 7) is 2.03. The lowest BCUT2D eigenvalue weighted by molar-refractivity contribution is -0.113. The fourth-order valence-corrected chi connectivity index (χ4v) is 3.30. The number of aryl methyl sites for hydroxylation is 1. The Morgan fingerprint density at radius 2 is 2.14 bits per heavy atom. The van der Waals surface area contributed by atoms with Crippen molar-refractivity contribution in [1.29, 1.82) is 0 Å². The Morgan fingerprint density at radius 3 is 2.81 bits per heavy atom. The Kier molecular flexibility index (Phi) is 3.73. The molecule has 21 heavy (non-hydrogen) atoms. The van der Waals surface area contributed by atoms with E-state index in [1.807, 2.05) is 37.3 Å². The number of furan rings is 1. The van der Waals surface area contributed by atoms with E-state index in [-0.39, 0.29) is 11.1 Å². The largest absolute Gasteiger partial charge is 0.457 e. The molecule has 106 valence electrons. The molecule has 0 radical (unpaired) electrons. The van der Waals surface area contributed by atoms with E-state index in [0.717, 1.165) is 27.6 Å². The maximum absolute atomic E-state index is 11.6. The van der Waals surface area contributed by atoms with Crippen LogP contribution in [0, 0.1) is 6.92 Å². The summed E-state index contributed by atoms with van der Waals surface area (Å²) in [7, 11) is 0. The molecule has 0 atom stereocenters. The fourth-order valence-electron chi connectivity index (χ4n) is 1.95. The molecule has 6 heteroatoms. The van der Waals surface area contributed by atoms with Crippen LogP contribution in [0.5, 0.6) is 0 Å². The smallest absolute Gasteiger partial charge is 0.286 e. The highest BCUT2D eigenvalue weighted by molar-refractivity contribution is 9.10. The van der Waals surface area contributed by atoms with Gasteiger partial charge >= 0.3 is 0 Å². The van der Waals surface area contributed by atoms with Crippen molar-refractivity contribution in [2.75, 3.05) is 0 Å². The highest BCUT2D eigenvalue weighted by Gasteiger charge is 2.20. The summed E-state index contributed by atoms with van der Waals surface area (Å²) in [5.74, 6) is 1.00. The number of halogens is 1. The molecule has 1 amide bonds. The van der Waals surface area contributed by atoms with E-state index in [9.17, 15) is 4.79 Å². The number of hydrogen-bond acceptors (Lipinski definition) is 4. The van der Waals surface area contributed by atoms with Gasteiger partial charge in [-0.05, 0) is 48.5 Å². The van der Waals surface area contributed by atoms with Gasteiger partial charge in [0.25, 0.3) is 5.91 Å². The van der Waals surface area contributed by atoms with Gasteiger partial charge in [-0.3, -0.25) is 4.79 Å². The third-order valence-electron chi connectivity index (χ3n) is 2.93. The van der Waals surface area contributed by atoms with E-state index in [0.29, 0.717) is 10.7 Å². The minimum atomic E-state index is -0.327. The van der Waals surface area contributed by atoms with Gasteiger partial charge in [0.05, 0.1) is 4.91 Å². The average molecular weight is 363 g/mol. The molecular weight excluding hydrogens is 352 g/mol. The van der Waals surface area contributed by atoms with Gasteiger partial charge < -0.3 is 10.2 Å². The summed E-state index contributed by atoms with van der Waals surface area (Å²) in [4.78, 5) is 15.7. The minimum absolute atomic E-state index is 0.263. The van der Waals surface area contributed by atoms with Crippen molar-refractivity contribution in [3.05, 3.63) is 51.0 Å². The number of hydrogen-bond donors (Lipinski definition) is 1. The second-order valence-corrected chi connectivity index (χ2v) is 6.47. The summed E-state index contributed by atoms with van der Waals surface area (Å²) >= 11 is 4.68. The predicted molar refractivity (Wildman–Crippen MR) is 88.8 cm³/mol. The number of nitrogens with two attached hydrogens (primary N) is 1.